The van der Waals surface area contributed by atoms with Gasteiger partial charge in [0.25, 0.3) is 5.91 Å². The first-order valence-corrected chi connectivity index (χ1v) is 8.74. The molecule has 1 aromatic heterocycles. The van der Waals surface area contributed by atoms with Crippen molar-refractivity contribution in [2.75, 3.05) is 14.2 Å². The van der Waals surface area contributed by atoms with Gasteiger partial charge in [0.1, 0.15) is 0 Å². The Morgan fingerprint density at radius 3 is 2.59 bits per heavy atom. The van der Waals surface area contributed by atoms with E-state index in [9.17, 15) is 4.79 Å². The van der Waals surface area contributed by atoms with Crippen molar-refractivity contribution < 1.29 is 14.3 Å². The number of aromatic nitrogens is 2. The number of methoxy groups -OCH3 is 2. The Morgan fingerprint density at radius 2 is 1.93 bits per heavy atom. The number of hydrogen-bond acceptors (Lipinski definition) is 4. The number of hydrogen-bond donors (Lipinski definition) is 1. The molecule has 0 unspecified atom stereocenters. The third-order valence-corrected chi connectivity index (χ3v) is 4.43. The minimum atomic E-state index is -0.244. The summed E-state index contributed by atoms with van der Waals surface area (Å²) in [6, 6.07) is 13.0. The molecule has 1 amide bonds. The zero-order valence-electron chi connectivity index (χ0n) is 15.1. The number of ether oxygens (including phenoxy) is 2. The Morgan fingerprint density at radius 1 is 1.15 bits per heavy atom. The molecule has 0 bridgehead atoms. The fourth-order valence-corrected chi connectivity index (χ4v) is 3.07. The lowest BCUT2D eigenvalue weighted by molar-refractivity contribution is 0.0950. The Hall–Kier alpha value is -2.99. The minimum absolute atomic E-state index is 0.244. The van der Waals surface area contributed by atoms with Gasteiger partial charge in [0, 0.05) is 24.5 Å². The Labute approximate surface area is 162 Å². The van der Waals surface area contributed by atoms with E-state index in [1.165, 1.54) is 14.2 Å². The van der Waals surface area contributed by atoms with Crippen LogP contribution in [0.1, 0.15) is 21.5 Å². The van der Waals surface area contributed by atoms with E-state index in [4.69, 9.17) is 21.1 Å². The zero-order chi connectivity index (χ0) is 19.2. The Balaban J connectivity index is 1.74. The topological polar surface area (TPSA) is 65.4 Å². The second-order valence-corrected chi connectivity index (χ2v) is 6.26. The van der Waals surface area contributed by atoms with Crippen molar-refractivity contribution in [3.63, 3.8) is 0 Å². The van der Waals surface area contributed by atoms with E-state index in [0.717, 1.165) is 11.1 Å². The molecule has 0 fully saturated rings. The average molecular weight is 386 g/mol. The summed E-state index contributed by atoms with van der Waals surface area (Å²) in [5.74, 6) is 0.571. The van der Waals surface area contributed by atoms with Gasteiger partial charge in [-0.05, 0) is 29.3 Å². The lowest BCUT2D eigenvalue weighted by Crippen LogP contribution is -2.23. The summed E-state index contributed by atoms with van der Waals surface area (Å²) >= 11 is 6.18. The molecule has 0 aliphatic heterocycles. The van der Waals surface area contributed by atoms with Gasteiger partial charge in [-0.15, -0.1) is 0 Å². The van der Waals surface area contributed by atoms with Gasteiger partial charge in [-0.3, -0.25) is 9.48 Å². The number of benzene rings is 2. The molecule has 0 spiro atoms. The molecule has 6 nitrogen and oxygen atoms in total. The van der Waals surface area contributed by atoms with Crippen LogP contribution in [-0.2, 0) is 13.1 Å². The van der Waals surface area contributed by atoms with Crippen LogP contribution in [0.3, 0.4) is 0 Å². The molecule has 2 aromatic carbocycles. The van der Waals surface area contributed by atoms with Gasteiger partial charge < -0.3 is 14.8 Å². The molecule has 0 aliphatic carbocycles. The largest absolute Gasteiger partial charge is 0.493 e. The predicted molar refractivity (Wildman–Crippen MR) is 103 cm³/mol. The lowest BCUT2D eigenvalue weighted by Gasteiger charge is -2.13. The molecule has 7 heteroatoms. The van der Waals surface area contributed by atoms with Crippen LogP contribution in [0.4, 0.5) is 0 Å². The molecular formula is C20H20ClN3O3. The second kappa shape index (κ2) is 8.60. The van der Waals surface area contributed by atoms with Crippen LogP contribution < -0.4 is 14.8 Å². The highest BCUT2D eigenvalue weighted by molar-refractivity contribution is 6.32. The van der Waals surface area contributed by atoms with Crippen LogP contribution >= 0.6 is 11.6 Å². The molecule has 3 aromatic rings. The SMILES string of the molecule is COc1cc(C(=O)NCc2ccccc2Cn2cccn2)cc(Cl)c1OC. The smallest absolute Gasteiger partial charge is 0.251 e. The van der Waals surface area contributed by atoms with Crippen LogP contribution in [0.5, 0.6) is 11.5 Å². The van der Waals surface area contributed by atoms with Crippen molar-refractivity contribution in [2.24, 2.45) is 0 Å². The maximum atomic E-state index is 12.6. The fraction of sp³-hybridized carbons (Fsp3) is 0.200. The second-order valence-electron chi connectivity index (χ2n) is 5.85. The van der Waals surface area contributed by atoms with E-state index >= 15 is 0 Å². The van der Waals surface area contributed by atoms with Crippen molar-refractivity contribution in [1.82, 2.24) is 15.1 Å². The van der Waals surface area contributed by atoms with E-state index in [0.29, 0.717) is 35.2 Å². The van der Waals surface area contributed by atoms with Crippen molar-refractivity contribution >= 4 is 17.5 Å². The van der Waals surface area contributed by atoms with Gasteiger partial charge in [0.15, 0.2) is 11.5 Å². The molecule has 0 radical (unpaired) electrons. The molecule has 0 aliphatic rings. The van der Waals surface area contributed by atoms with Crippen LogP contribution in [0.15, 0.2) is 54.9 Å². The van der Waals surface area contributed by atoms with E-state index < -0.39 is 0 Å². The summed E-state index contributed by atoms with van der Waals surface area (Å²) in [7, 11) is 3.00. The molecule has 1 N–H and O–H groups in total. The normalized spacial score (nSPS) is 10.5. The summed E-state index contributed by atoms with van der Waals surface area (Å²) in [5.41, 5.74) is 2.52. The van der Waals surface area contributed by atoms with Gasteiger partial charge >= 0.3 is 0 Å². The molecular weight excluding hydrogens is 366 g/mol. The molecule has 27 heavy (non-hydrogen) atoms. The number of nitrogens with one attached hydrogen (secondary N) is 1. The van der Waals surface area contributed by atoms with Gasteiger partial charge in [-0.1, -0.05) is 35.9 Å². The summed E-state index contributed by atoms with van der Waals surface area (Å²) < 4.78 is 12.3. The first-order chi connectivity index (χ1) is 13.1. The fourth-order valence-electron chi connectivity index (χ4n) is 2.78. The predicted octanol–water partition coefficient (Wildman–Crippen LogP) is 3.53. The average Bonchev–Trinajstić information content (AvgIpc) is 3.19. The van der Waals surface area contributed by atoms with E-state index in [-0.39, 0.29) is 5.91 Å². The maximum Gasteiger partial charge on any atom is 0.251 e. The van der Waals surface area contributed by atoms with Gasteiger partial charge in [-0.2, -0.15) is 5.10 Å². The number of amides is 1. The molecule has 3 rings (SSSR count). The van der Waals surface area contributed by atoms with Gasteiger partial charge in [0.2, 0.25) is 0 Å². The van der Waals surface area contributed by atoms with Crippen LogP contribution in [0.2, 0.25) is 5.02 Å². The first kappa shape index (κ1) is 18.8. The standard InChI is InChI=1S/C20H20ClN3O3/c1-26-18-11-16(10-17(21)19(18)27-2)20(25)22-12-14-6-3-4-7-15(14)13-24-9-5-8-23-24/h3-11H,12-13H2,1-2H3,(H,22,25). The van der Waals surface area contributed by atoms with Crippen molar-refractivity contribution in [3.05, 3.63) is 76.6 Å². The third kappa shape index (κ3) is 4.41. The maximum absolute atomic E-state index is 12.6. The van der Waals surface area contributed by atoms with Crippen molar-refractivity contribution in [1.29, 1.82) is 0 Å². The summed E-state index contributed by atoms with van der Waals surface area (Å²) in [5, 5.41) is 7.48. The van der Waals surface area contributed by atoms with Crippen molar-refractivity contribution in [2.45, 2.75) is 13.1 Å². The molecule has 140 valence electrons. The first-order valence-electron chi connectivity index (χ1n) is 8.36. The van der Waals surface area contributed by atoms with E-state index in [1.54, 1.807) is 18.3 Å². The van der Waals surface area contributed by atoms with E-state index in [1.807, 2.05) is 41.2 Å². The summed E-state index contributed by atoms with van der Waals surface area (Å²) in [6.07, 6.45) is 3.65. The summed E-state index contributed by atoms with van der Waals surface area (Å²) in [6.45, 7) is 1.03. The molecule has 0 atom stereocenters. The van der Waals surface area contributed by atoms with Crippen LogP contribution in [-0.4, -0.2) is 29.9 Å². The number of carbonyl (C=O) groups excluding carboxylic acids is 1. The zero-order valence-corrected chi connectivity index (χ0v) is 15.9. The highest BCUT2D eigenvalue weighted by atomic mass is 35.5. The highest BCUT2D eigenvalue weighted by Gasteiger charge is 2.15. The van der Waals surface area contributed by atoms with E-state index in [2.05, 4.69) is 10.4 Å². The molecule has 0 saturated carbocycles. The quantitative estimate of drug-likeness (QED) is 0.675. The number of rotatable bonds is 7. The van der Waals surface area contributed by atoms with Gasteiger partial charge in [-0.25, -0.2) is 0 Å². The number of carbonyl (C=O) groups is 1. The van der Waals surface area contributed by atoms with Crippen LogP contribution in [0, 0.1) is 0 Å². The minimum Gasteiger partial charge on any atom is -0.493 e. The lowest BCUT2D eigenvalue weighted by atomic mass is 10.1. The molecule has 1 heterocycles. The molecule has 0 saturated heterocycles. The van der Waals surface area contributed by atoms with Gasteiger partial charge in [0.05, 0.1) is 25.8 Å². The summed E-state index contributed by atoms with van der Waals surface area (Å²) in [4.78, 5) is 12.6. The van der Waals surface area contributed by atoms with Crippen molar-refractivity contribution in [3.8, 4) is 11.5 Å². The monoisotopic (exact) mass is 385 g/mol. The van der Waals surface area contributed by atoms with Crippen LogP contribution in [0.25, 0.3) is 0 Å². The number of nitrogens with zero attached hydrogens (tertiary/aromatic N) is 2. The third-order valence-electron chi connectivity index (χ3n) is 4.15. The number of halogens is 1. The Bertz CT molecular complexity index is 926. The highest BCUT2D eigenvalue weighted by Crippen LogP contribution is 2.35. The Kier molecular flexibility index (Phi) is 5.98.